The van der Waals surface area contributed by atoms with Crippen LogP contribution in [0.4, 0.5) is 15.9 Å². The van der Waals surface area contributed by atoms with Crippen LogP contribution in [-0.4, -0.2) is 9.38 Å². The Bertz CT molecular complexity index is 849. The van der Waals surface area contributed by atoms with Crippen molar-refractivity contribution in [2.24, 2.45) is 10.2 Å². The number of rotatable bonds is 2. The summed E-state index contributed by atoms with van der Waals surface area (Å²) in [5, 5.41) is 8.56. The Hall–Kier alpha value is -2.56. The molecule has 0 aliphatic heterocycles. The second-order valence-electron chi connectivity index (χ2n) is 5.09. The first-order valence-electron chi connectivity index (χ1n) is 6.68. The fraction of sp³-hybridized carbons (Fsp3) is 0.188. The summed E-state index contributed by atoms with van der Waals surface area (Å²) in [6.45, 7) is 5.82. The molecule has 0 N–H and O–H groups in total. The highest BCUT2D eigenvalue weighted by Crippen LogP contribution is 2.26. The number of aromatic nitrogens is 2. The van der Waals surface area contributed by atoms with Crippen LogP contribution >= 0.6 is 0 Å². The van der Waals surface area contributed by atoms with E-state index in [1.807, 2.05) is 39.0 Å². The Morgan fingerprint density at radius 1 is 1.05 bits per heavy atom. The highest BCUT2D eigenvalue weighted by atomic mass is 19.1. The van der Waals surface area contributed by atoms with Gasteiger partial charge in [0.2, 0.25) is 0 Å². The van der Waals surface area contributed by atoms with Gasteiger partial charge in [-0.3, -0.25) is 4.40 Å². The molecule has 0 amide bonds. The maximum atomic E-state index is 13.4. The largest absolute Gasteiger partial charge is 0.280 e. The Morgan fingerprint density at radius 3 is 2.67 bits per heavy atom. The molecule has 0 aliphatic rings. The Kier molecular flexibility index (Phi) is 3.25. The summed E-state index contributed by atoms with van der Waals surface area (Å²) in [6, 6.07) is 9.01. The SMILES string of the molecule is Cc1ccc(C)c(N=Nc2c(C)nc3ccc(F)cn23)c1. The number of pyridine rings is 1. The molecular formula is C16H15FN4. The molecule has 3 rings (SSSR count). The molecule has 0 aliphatic carbocycles. The van der Waals surface area contributed by atoms with Gasteiger partial charge in [0.25, 0.3) is 0 Å². The van der Waals surface area contributed by atoms with Crippen molar-refractivity contribution in [1.29, 1.82) is 0 Å². The van der Waals surface area contributed by atoms with Gasteiger partial charge in [-0.2, -0.15) is 0 Å². The van der Waals surface area contributed by atoms with Gasteiger partial charge in [0.15, 0.2) is 5.82 Å². The minimum atomic E-state index is -0.330. The van der Waals surface area contributed by atoms with Crippen LogP contribution in [0.25, 0.3) is 5.65 Å². The van der Waals surface area contributed by atoms with Crippen molar-refractivity contribution < 1.29 is 4.39 Å². The summed E-state index contributed by atoms with van der Waals surface area (Å²) in [7, 11) is 0. The number of halogens is 1. The number of azo groups is 1. The summed E-state index contributed by atoms with van der Waals surface area (Å²) < 4.78 is 15.0. The average molecular weight is 282 g/mol. The second-order valence-corrected chi connectivity index (χ2v) is 5.09. The maximum Gasteiger partial charge on any atom is 0.182 e. The molecule has 4 nitrogen and oxygen atoms in total. The Labute approximate surface area is 122 Å². The van der Waals surface area contributed by atoms with Gasteiger partial charge in [-0.15, -0.1) is 10.2 Å². The summed E-state index contributed by atoms with van der Waals surface area (Å²) in [5.41, 5.74) is 4.34. The zero-order valence-corrected chi connectivity index (χ0v) is 12.1. The van der Waals surface area contributed by atoms with Gasteiger partial charge in [-0.1, -0.05) is 12.1 Å². The van der Waals surface area contributed by atoms with E-state index in [0.29, 0.717) is 11.5 Å². The van der Waals surface area contributed by atoms with Crippen LogP contribution in [0.3, 0.4) is 0 Å². The van der Waals surface area contributed by atoms with Crippen LogP contribution in [0.2, 0.25) is 0 Å². The van der Waals surface area contributed by atoms with Crippen molar-refractivity contribution in [3.63, 3.8) is 0 Å². The fourth-order valence-electron chi connectivity index (χ4n) is 2.17. The quantitative estimate of drug-likeness (QED) is 0.622. The summed E-state index contributed by atoms with van der Waals surface area (Å²) in [5.74, 6) is 0.216. The third-order valence-electron chi connectivity index (χ3n) is 3.34. The molecule has 2 aromatic heterocycles. The molecule has 2 heterocycles. The van der Waals surface area contributed by atoms with Gasteiger partial charge >= 0.3 is 0 Å². The second kappa shape index (κ2) is 5.09. The van der Waals surface area contributed by atoms with E-state index in [-0.39, 0.29) is 5.82 Å². The lowest BCUT2D eigenvalue weighted by atomic mass is 10.1. The van der Waals surface area contributed by atoms with Gasteiger partial charge < -0.3 is 0 Å². The smallest absolute Gasteiger partial charge is 0.182 e. The Balaban J connectivity index is 2.09. The third-order valence-corrected chi connectivity index (χ3v) is 3.34. The number of hydrogen-bond donors (Lipinski definition) is 0. The summed E-state index contributed by atoms with van der Waals surface area (Å²) in [4.78, 5) is 4.35. The highest BCUT2D eigenvalue weighted by molar-refractivity contribution is 5.52. The summed E-state index contributed by atoms with van der Waals surface area (Å²) in [6.07, 6.45) is 1.37. The molecule has 106 valence electrons. The lowest BCUT2D eigenvalue weighted by Gasteiger charge is -2.00. The van der Waals surface area contributed by atoms with E-state index in [1.165, 1.54) is 12.3 Å². The van der Waals surface area contributed by atoms with E-state index in [0.717, 1.165) is 22.5 Å². The van der Waals surface area contributed by atoms with Crippen molar-refractivity contribution in [2.45, 2.75) is 20.8 Å². The first-order valence-corrected chi connectivity index (χ1v) is 6.68. The van der Waals surface area contributed by atoms with Crippen LogP contribution in [0, 0.1) is 26.6 Å². The van der Waals surface area contributed by atoms with E-state index in [4.69, 9.17) is 0 Å². The van der Waals surface area contributed by atoms with Gasteiger partial charge in [-0.05, 0) is 50.1 Å². The van der Waals surface area contributed by atoms with E-state index in [2.05, 4.69) is 15.2 Å². The fourth-order valence-corrected chi connectivity index (χ4v) is 2.17. The topological polar surface area (TPSA) is 42.0 Å². The lowest BCUT2D eigenvalue weighted by molar-refractivity contribution is 0.619. The van der Waals surface area contributed by atoms with E-state index < -0.39 is 0 Å². The number of benzene rings is 1. The van der Waals surface area contributed by atoms with Gasteiger partial charge in [0.1, 0.15) is 11.5 Å². The molecule has 1 aromatic carbocycles. The summed E-state index contributed by atoms with van der Waals surface area (Å²) >= 11 is 0. The number of aryl methyl sites for hydroxylation is 3. The molecule has 0 atom stereocenters. The first kappa shape index (κ1) is 13.4. The van der Waals surface area contributed by atoms with E-state index in [9.17, 15) is 4.39 Å². The minimum Gasteiger partial charge on any atom is -0.280 e. The maximum absolute atomic E-state index is 13.4. The van der Waals surface area contributed by atoms with Gasteiger partial charge in [-0.25, -0.2) is 9.37 Å². The molecule has 21 heavy (non-hydrogen) atoms. The zero-order valence-electron chi connectivity index (χ0n) is 12.1. The van der Waals surface area contributed by atoms with Crippen molar-refractivity contribution >= 4 is 17.2 Å². The standard InChI is InChI=1S/C16H15FN4/c1-10-4-5-11(2)14(8-10)19-20-16-12(3)18-15-7-6-13(17)9-21(15)16/h4-9H,1-3H3. The van der Waals surface area contributed by atoms with Crippen molar-refractivity contribution in [3.05, 3.63) is 59.2 Å². The van der Waals surface area contributed by atoms with Crippen LogP contribution in [-0.2, 0) is 0 Å². The monoisotopic (exact) mass is 282 g/mol. The molecule has 0 saturated heterocycles. The molecule has 0 spiro atoms. The van der Waals surface area contributed by atoms with Crippen molar-refractivity contribution in [1.82, 2.24) is 9.38 Å². The van der Waals surface area contributed by atoms with Crippen LogP contribution in [0.15, 0.2) is 46.8 Å². The van der Waals surface area contributed by atoms with Crippen LogP contribution in [0.1, 0.15) is 16.8 Å². The number of imidazole rings is 1. The molecule has 0 radical (unpaired) electrons. The molecule has 3 aromatic rings. The predicted molar refractivity (Wildman–Crippen MR) is 80.0 cm³/mol. The highest BCUT2D eigenvalue weighted by Gasteiger charge is 2.09. The van der Waals surface area contributed by atoms with Gasteiger partial charge in [0.05, 0.1) is 11.4 Å². The van der Waals surface area contributed by atoms with Gasteiger partial charge in [0, 0.05) is 6.20 Å². The number of fused-ring (bicyclic) bond motifs is 1. The Morgan fingerprint density at radius 2 is 1.86 bits per heavy atom. The number of hydrogen-bond acceptors (Lipinski definition) is 3. The third kappa shape index (κ3) is 2.54. The normalized spacial score (nSPS) is 11.6. The molecular weight excluding hydrogens is 267 g/mol. The van der Waals surface area contributed by atoms with Crippen LogP contribution in [0.5, 0.6) is 0 Å². The molecule has 5 heteroatoms. The van der Waals surface area contributed by atoms with Crippen molar-refractivity contribution in [2.75, 3.05) is 0 Å². The van der Waals surface area contributed by atoms with E-state index >= 15 is 0 Å². The molecule has 0 fully saturated rings. The number of nitrogens with zero attached hydrogens (tertiary/aromatic N) is 4. The van der Waals surface area contributed by atoms with E-state index in [1.54, 1.807) is 10.5 Å². The average Bonchev–Trinajstić information content (AvgIpc) is 2.75. The molecule has 0 unspecified atom stereocenters. The lowest BCUT2D eigenvalue weighted by Crippen LogP contribution is -1.85. The zero-order chi connectivity index (χ0) is 15.0. The first-order chi connectivity index (χ1) is 10.0. The van der Waals surface area contributed by atoms with Crippen molar-refractivity contribution in [3.8, 4) is 0 Å². The predicted octanol–water partition coefficient (Wildman–Crippen LogP) is 4.81. The van der Waals surface area contributed by atoms with Crippen LogP contribution < -0.4 is 0 Å². The molecule has 0 saturated carbocycles. The molecule has 0 bridgehead atoms. The minimum absolute atomic E-state index is 0.330.